The van der Waals surface area contributed by atoms with E-state index in [0.29, 0.717) is 40.8 Å². The van der Waals surface area contributed by atoms with Gasteiger partial charge in [0.2, 0.25) is 0 Å². The molecule has 2 N–H and O–H groups in total. The maximum atomic E-state index is 12.7. The van der Waals surface area contributed by atoms with Crippen LogP contribution in [0.1, 0.15) is 51.3 Å². The van der Waals surface area contributed by atoms with E-state index in [9.17, 15) is 14.9 Å². The summed E-state index contributed by atoms with van der Waals surface area (Å²) in [6, 6.07) is 4.85. The van der Waals surface area contributed by atoms with E-state index in [1.807, 2.05) is 27.7 Å². The molecule has 168 valence electrons. The minimum absolute atomic E-state index is 0.0859. The van der Waals surface area contributed by atoms with Gasteiger partial charge in [-0.15, -0.1) is 4.91 Å². The molecule has 0 spiro atoms. The average molecular weight is 447 g/mol. The third-order valence-electron chi connectivity index (χ3n) is 4.78. The number of fused-ring (bicyclic) bond motifs is 1. The van der Waals surface area contributed by atoms with Gasteiger partial charge in [-0.2, -0.15) is 0 Å². The number of nitrogens with one attached hydrogen (secondary N) is 1. The van der Waals surface area contributed by atoms with Gasteiger partial charge in [0.1, 0.15) is 17.2 Å². The number of benzene rings is 2. The smallest absolute Gasteiger partial charge is 0.189 e. The highest BCUT2D eigenvalue weighted by molar-refractivity contribution is 8.13. The second-order valence-corrected chi connectivity index (χ2v) is 9.14. The van der Waals surface area contributed by atoms with Crippen LogP contribution < -0.4 is 15.0 Å². The Morgan fingerprint density at radius 2 is 1.94 bits per heavy atom. The van der Waals surface area contributed by atoms with Crippen LogP contribution in [0.25, 0.3) is 10.8 Å². The lowest BCUT2D eigenvalue weighted by Gasteiger charge is -2.22. The molecule has 2 rings (SSSR count). The standard InChI is InChI=1S/C23H30N2O5S/c1-13(2)7-10-19(31-20(26)11-14(3)4)15-12-18(29-5)21-16(24-27)8-9-17(25-28)22(21)23(15)30-6/h7-9,12,14,19,24,27H,10-11H2,1-6H3. The van der Waals surface area contributed by atoms with E-state index in [2.05, 4.69) is 16.7 Å². The molecule has 0 saturated carbocycles. The van der Waals surface area contributed by atoms with Crippen molar-refractivity contribution in [2.75, 3.05) is 19.7 Å². The fourth-order valence-electron chi connectivity index (χ4n) is 3.41. The number of ether oxygens (including phenoxy) is 2. The summed E-state index contributed by atoms with van der Waals surface area (Å²) >= 11 is 1.26. The number of anilines is 1. The highest BCUT2D eigenvalue weighted by Gasteiger charge is 2.26. The normalized spacial score (nSPS) is 11.9. The Morgan fingerprint density at radius 1 is 1.23 bits per heavy atom. The minimum atomic E-state index is -0.250. The number of allylic oxidation sites excluding steroid dienone is 2. The number of nitroso groups, excluding NO2 is 1. The Hall–Kier alpha value is -2.58. The summed E-state index contributed by atoms with van der Waals surface area (Å²) in [6.07, 6.45) is 3.13. The first-order valence-corrected chi connectivity index (χ1v) is 10.9. The molecular formula is C23H30N2O5S. The molecule has 0 fully saturated rings. The van der Waals surface area contributed by atoms with Crippen molar-refractivity contribution < 1.29 is 19.5 Å². The molecule has 7 nitrogen and oxygen atoms in total. The quantitative estimate of drug-likeness (QED) is 0.236. The first kappa shape index (κ1) is 24.7. The Balaban J connectivity index is 2.80. The second kappa shape index (κ2) is 11.2. The van der Waals surface area contributed by atoms with Crippen molar-refractivity contribution in [3.63, 3.8) is 0 Å². The first-order chi connectivity index (χ1) is 14.8. The molecule has 0 bridgehead atoms. The van der Waals surface area contributed by atoms with Crippen molar-refractivity contribution in [1.29, 1.82) is 0 Å². The van der Waals surface area contributed by atoms with Crippen LogP contribution in [0.2, 0.25) is 0 Å². The van der Waals surface area contributed by atoms with Crippen molar-refractivity contribution in [1.82, 2.24) is 0 Å². The van der Waals surface area contributed by atoms with E-state index in [1.54, 1.807) is 12.1 Å². The third kappa shape index (κ3) is 5.77. The lowest BCUT2D eigenvalue weighted by atomic mass is 9.97. The largest absolute Gasteiger partial charge is 0.496 e. The highest BCUT2D eigenvalue weighted by atomic mass is 32.2. The van der Waals surface area contributed by atoms with Crippen LogP contribution in [0.4, 0.5) is 11.4 Å². The summed E-state index contributed by atoms with van der Waals surface area (Å²) < 4.78 is 11.3. The molecule has 1 atom stereocenters. The van der Waals surface area contributed by atoms with Crippen molar-refractivity contribution in [2.24, 2.45) is 11.1 Å². The van der Waals surface area contributed by atoms with Gasteiger partial charge in [-0.05, 0) is 49.6 Å². The number of carbonyl (C=O) groups is 1. The summed E-state index contributed by atoms with van der Waals surface area (Å²) in [4.78, 5) is 24.3. The molecule has 1 unspecified atom stereocenters. The second-order valence-electron chi connectivity index (χ2n) is 7.88. The molecule has 8 heteroatoms. The van der Waals surface area contributed by atoms with Crippen LogP contribution in [-0.4, -0.2) is 24.5 Å². The third-order valence-corrected chi connectivity index (χ3v) is 5.94. The van der Waals surface area contributed by atoms with E-state index in [4.69, 9.17) is 9.47 Å². The van der Waals surface area contributed by atoms with Crippen molar-refractivity contribution in [3.05, 3.63) is 40.3 Å². The van der Waals surface area contributed by atoms with Crippen LogP contribution in [0.3, 0.4) is 0 Å². The van der Waals surface area contributed by atoms with Gasteiger partial charge >= 0.3 is 0 Å². The number of hydrogen-bond donors (Lipinski definition) is 2. The summed E-state index contributed by atoms with van der Waals surface area (Å²) in [6.45, 7) is 8.02. The molecule has 0 saturated heterocycles. The van der Waals surface area contributed by atoms with Crippen molar-refractivity contribution in [3.8, 4) is 11.5 Å². The first-order valence-electron chi connectivity index (χ1n) is 10.0. The van der Waals surface area contributed by atoms with Crippen molar-refractivity contribution >= 4 is 39.0 Å². The molecule has 0 amide bonds. The van der Waals surface area contributed by atoms with E-state index < -0.39 is 0 Å². The fourth-order valence-corrected chi connectivity index (χ4v) is 4.65. The summed E-state index contributed by atoms with van der Waals surface area (Å²) in [5.41, 5.74) is 4.52. The predicted octanol–water partition coefficient (Wildman–Crippen LogP) is 6.76. The zero-order valence-corrected chi connectivity index (χ0v) is 19.6. The number of thioether (sulfide) groups is 1. The SMILES string of the molecule is COc1cc(C(CC=C(C)C)SC(=O)CC(C)C)c(OC)c2c(N=O)ccc(NO)c12. The zero-order chi connectivity index (χ0) is 23.1. The van der Waals surface area contributed by atoms with Crippen LogP contribution in [0.15, 0.2) is 35.0 Å². The molecule has 2 aromatic carbocycles. The van der Waals surface area contributed by atoms with Crippen LogP contribution in [-0.2, 0) is 4.79 Å². The van der Waals surface area contributed by atoms with Gasteiger partial charge in [-0.3, -0.25) is 15.5 Å². The number of methoxy groups -OCH3 is 2. The lowest BCUT2D eigenvalue weighted by Crippen LogP contribution is -2.06. The van der Waals surface area contributed by atoms with Gasteiger partial charge < -0.3 is 9.47 Å². The molecule has 0 aliphatic carbocycles. The molecule has 0 heterocycles. The van der Waals surface area contributed by atoms with E-state index in [-0.39, 0.29) is 22.0 Å². The predicted molar refractivity (Wildman–Crippen MR) is 127 cm³/mol. The number of rotatable bonds is 10. The lowest BCUT2D eigenvalue weighted by molar-refractivity contribution is -0.111. The van der Waals surface area contributed by atoms with Gasteiger partial charge in [0.05, 0.1) is 30.7 Å². The Kier molecular flexibility index (Phi) is 8.88. The van der Waals surface area contributed by atoms with E-state index in [0.717, 1.165) is 11.1 Å². The molecular weight excluding hydrogens is 416 g/mol. The summed E-state index contributed by atoms with van der Waals surface area (Å²) in [5, 5.41) is 13.5. The molecule has 2 aromatic rings. The molecule has 0 aromatic heterocycles. The maximum absolute atomic E-state index is 12.7. The number of carbonyl (C=O) groups excluding carboxylic acids is 1. The highest BCUT2D eigenvalue weighted by Crippen LogP contribution is 2.50. The number of nitrogens with zero attached hydrogens (tertiary/aromatic N) is 1. The van der Waals surface area contributed by atoms with Gasteiger partial charge in [-0.1, -0.05) is 37.3 Å². The minimum Gasteiger partial charge on any atom is -0.496 e. The van der Waals surface area contributed by atoms with Gasteiger partial charge in [-0.25, -0.2) is 0 Å². The fraction of sp³-hybridized carbons (Fsp3) is 0.435. The number of hydrogen-bond acceptors (Lipinski definition) is 8. The van der Waals surface area contributed by atoms with Gasteiger partial charge in [0, 0.05) is 17.2 Å². The van der Waals surface area contributed by atoms with Crippen LogP contribution >= 0.6 is 11.8 Å². The topological polar surface area (TPSA) is 97.2 Å². The molecule has 31 heavy (non-hydrogen) atoms. The van der Waals surface area contributed by atoms with Crippen LogP contribution in [0, 0.1) is 10.8 Å². The summed E-state index contributed by atoms with van der Waals surface area (Å²) in [7, 11) is 3.02. The van der Waals surface area contributed by atoms with Crippen molar-refractivity contribution in [2.45, 2.75) is 45.8 Å². The van der Waals surface area contributed by atoms with Crippen LogP contribution in [0.5, 0.6) is 11.5 Å². The Morgan fingerprint density at radius 3 is 2.45 bits per heavy atom. The van der Waals surface area contributed by atoms with Gasteiger partial charge in [0.15, 0.2) is 5.12 Å². The Labute approximate surface area is 187 Å². The monoisotopic (exact) mass is 446 g/mol. The molecule has 0 aliphatic heterocycles. The zero-order valence-electron chi connectivity index (χ0n) is 18.8. The maximum Gasteiger partial charge on any atom is 0.189 e. The van der Waals surface area contributed by atoms with E-state index in [1.165, 1.54) is 32.0 Å². The molecule has 0 aliphatic rings. The summed E-state index contributed by atoms with van der Waals surface area (Å²) in [5.74, 6) is 1.12. The van der Waals surface area contributed by atoms with E-state index >= 15 is 0 Å². The average Bonchev–Trinajstić information content (AvgIpc) is 2.73. The van der Waals surface area contributed by atoms with Gasteiger partial charge in [0.25, 0.3) is 0 Å². The Bertz CT molecular complexity index is 984. The molecule has 0 radical (unpaired) electrons.